The molecule has 13 heavy (non-hydrogen) atoms. The SMILES string of the molecule is CCN1CCC[C@@H]1N(C)CCCN. The predicted molar refractivity (Wildman–Crippen MR) is 56.6 cm³/mol. The van der Waals surface area contributed by atoms with Crippen LogP contribution in [-0.4, -0.2) is 49.2 Å². The van der Waals surface area contributed by atoms with Crippen LogP contribution in [0.25, 0.3) is 0 Å². The molecule has 0 aromatic rings. The number of hydrogen-bond donors (Lipinski definition) is 1. The van der Waals surface area contributed by atoms with Crippen molar-refractivity contribution in [1.29, 1.82) is 0 Å². The maximum atomic E-state index is 5.50. The minimum atomic E-state index is 0.677. The molecule has 1 aliphatic heterocycles. The topological polar surface area (TPSA) is 32.5 Å². The molecule has 0 aromatic carbocycles. The van der Waals surface area contributed by atoms with Crippen molar-refractivity contribution in [2.45, 2.75) is 32.4 Å². The van der Waals surface area contributed by atoms with Crippen molar-refractivity contribution >= 4 is 0 Å². The summed E-state index contributed by atoms with van der Waals surface area (Å²) in [5.41, 5.74) is 5.50. The lowest BCUT2D eigenvalue weighted by atomic mass is 10.3. The first-order valence-electron chi connectivity index (χ1n) is 5.44. The van der Waals surface area contributed by atoms with Gasteiger partial charge in [0.15, 0.2) is 0 Å². The summed E-state index contributed by atoms with van der Waals surface area (Å²) >= 11 is 0. The van der Waals surface area contributed by atoms with Gasteiger partial charge in [-0.3, -0.25) is 9.80 Å². The zero-order chi connectivity index (χ0) is 9.68. The van der Waals surface area contributed by atoms with Crippen LogP contribution in [0.15, 0.2) is 0 Å². The van der Waals surface area contributed by atoms with Crippen molar-refractivity contribution in [1.82, 2.24) is 9.80 Å². The van der Waals surface area contributed by atoms with Gasteiger partial charge in [-0.15, -0.1) is 0 Å². The van der Waals surface area contributed by atoms with Crippen molar-refractivity contribution in [2.24, 2.45) is 5.73 Å². The van der Waals surface area contributed by atoms with E-state index in [1.807, 2.05) is 0 Å². The summed E-state index contributed by atoms with van der Waals surface area (Å²) < 4.78 is 0. The summed E-state index contributed by atoms with van der Waals surface area (Å²) in [6.45, 7) is 6.64. The van der Waals surface area contributed by atoms with Gasteiger partial charge in [0.05, 0.1) is 6.17 Å². The predicted octanol–water partition coefficient (Wildman–Crippen LogP) is 0.709. The molecule has 0 radical (unpaired) electrons. The highest BCUT2D eigenvalue weighted by molar-refractivity contribution is 4.77. The molecule has 0 aliphatic carbocycles. The number of likely N-dealkylation sites (tertiary alicyclic amines) is 1. The molecular weight excluding hydrogens is 162 g/mol. The van der Waals surface area contributed by atoms with E-state index in [4.69, 9.17) is 5.73 Å². The van der Waals surface area contributed by atoms with Crippen LogP contribution in [0.4, 0.5) is 0 Å². The Morgan fingerprint density at radius 1 is 1.54 bits per heavy atom. The van der Waals surface area contributed by atoms with Crippen LogP contribution in [-0.2, 0) is 0 Å². The molecule has 3 heteroatoms. The third kappa shape index (κ3) is 2.93. The largest absolute Gasteiger partial charge is 0.330 e. The lowest BCUT2D eigenvalue weighted by Crippen LogP contribution is -2.43. The van der Waals surface area contributed by atoms with Crippen molar-refractivity contribution < 1.29 is 0 Å². The smallest absolute Gasteiger partial charge is 0.0620 e. The van der Waals surface area contributed by atoms with Gasteiger partial charge in [0.25, 0.3) is 0 Å². The second-order valence-electron chi connectivity index (χ2n) is 3.87. The summed E-state index contributed by atoms with van der Waals surface area (Å²) in [5.74, 6) is 0. The Kier molecular flexibility index (Phi) is 4.70. The molecular formula is C10H23N3. The lowest BCUT2D eigenvalue weighted by Gasteiger charge is -2.31. The van der Waals surface area contributed by atoms with Gasteiger partial charge >= 0.3 is 0 Å². The Hall–Kier alpha value is -0.120. The van der Waals surface area contributed by atoms with Crippen LogP contribution in [0.2, 0.25) is 0 Å². The number of nitrogens with zero attached hydrogens (tertiary/aromatic N) is 2. The van der Waals surface area contributed by atoms with Crippen molar-refractivity contribution in [3.63, 3.8) is 0 Å². The molecule has 0 saturated carbocycles. The van der Waals surface area contributed by atoms with Gasteiger partial charge in [0.2, 0.25) is 0 Å². The highest BCUT2D eigenvalue weighted by Crippen LogP contribution is 2.18. The molecule has 1 aliphatic rings. The zero-order valence-corrected chi connectivity index (χ0v) is 9.00. The zero-order valence-electron chi connectivity index (χ0n) is 9.00. The van der Waals surface area contributed by atoms with E-state index in [0.717, 1.165) is 19.5 Å². The highest BCUT2D eigenvalue weighted by Gasteiger charge is 2.25. The number of rotatable bonds is 5. The second kappa shape index (κ2) is 5.58. The van der Waals surface area contributed by atoms with Crippen molar-refractivity contribution in [2.75, 3.05) is 33.2 Å². The molecule has 0 bridgehead atoms. The van der Waals surface area contributed by atoms with Gasteiger partial charge in [0, 0.05) is 6.54 Å². The standard InChI is InChI=1S/C10H23N3/c1-3-13-9-4-6-10(13)12(2)8-5-7-11/h10H,3-9,11H2,1-2H3/t10-/m1/s1. The second-order valence-corrected chi connectivity index (χ2v) is 3.87. The van der Waals surface area contributed by atoms with Crippen LogP contribution in [0.3, 0.4) is 0 Å². The number of nitrogens with two attached hydrogens (primary N) is 1. The molecule has 0 spiro atoms. The average Bonchev–Trinajstić information content (AvgIpc) is 2.61. The molecule has 1 fully saturated rings. The number of hydrogen-bond acceptors (Lipinski definition) is 3. The van der Waals surface area contributed by atoms with E-state index in [2.05, 4.69) is 23.8 Å². The van der Waals surface area contributed by atoms with Crippen molar-refractivity contribution in [3.8, 4) is 0 Å². The summed E-state index contributed by atoms with van der Waals surface area (Å²) in [6, 6.07) is 0. The van der Waals surface area contributed by atoms with Gasteiger partial charge in [-0.2, -0.15) is 0 Å². The monoisotopic (exact) mass is 185 g/mol. The average molecular weight is 185 g/mol. The third-order valence-electron chi connectivity index (χ3n) is 2.96. The van der Waals surface area contributed by atoms with E-state index >= 15 is 0 Å². The van der Waals surface area contributed by atoms with Crippen LogP contribution in [0, 0.1) is 0 Å². The lowest BCUT2D eigenvalue weighted by molar-refractivity contribution is 0.102. The molecule has 78 valence electrons. The first-order valence-corrected chi connectivity index (χ1v) is 5.44. The molecule has 0 aromatic heterocycles. The van der Waals surface area contributed by atoms with Gasteiger partial charge < -0.3 is 5.73 Å². The third-order valence-corrected chi connectivity index (χ3v) is 2.96. The van der Waals surface area contributed by atoms with Gasteiger partial charge in [-0.25, -0.2) is 0 Å². The molecule has 3 nitrogen and oxygen atoms in total. The maximum Gasteiger partial charge on any atom is 0.0620 e. The Bertz CT molecular complexity index is 138. The molecule has 1 atom stereocenters. The van der Waals surface area contributed by atoms with E-state index < -0.39 is 0 Å². The molecule has 2 N–H and O–H groups in total. The molecule has 1 saturated heterocycles. The minimum Gasteiger partial charge on any atom is -0.330 e. The molecule has 1 rings (SSSR count). The van der Waals surface area contributed by atoms with E-state index in [1.54, 1.807) is 0 Å². The maximum absolute atomic E-state index is 5.50. The quantitative estimate of drug-likeness (QED) is 0.684. The fourth-order valence-corrected chi connectivity index (χ4v) is 2.17. The Balaban J connectivity index is 2.31. The first kappa shape index (κ1) is 11.0. The van der Waals surface area contributed by atoms with E-state index in [0.29, 0.717) is 6.17 Å². The molecule has 0 unspecified atom stereocenters. The molecule has 0 amide bonds. The highest BCUT2D eigenvalue weighted by atomic mass is 15.3. The fourth-order valence-electron chi connectivity index (χ4n) is 2.17. The van der Waals surface area contributed by atoms with Gasteiger partial charge in [0.1, 0.15) is 0 Å². The summed E-state index contributed by atoms with van der Waals surface area (Å²) in [6.07, 6.45) is 4.47. The van der Waals surface area contributed by atoms with Gasteiger partial charge in [-0.05, 0) is 45.9 Å². The van der Waals surface area contributed by atoms with E-state index in [-0.39, 0.29) is 0 Å². The summed E-state index contributed by atoms with van der Waals surface area (Å²) in [5, 5.41) is 0. The Morgan fingerprint density at radius 2 is 2.31 bits per heavy atom. The normalized spacial score (nSPS) is 24.5. The fraction of sp³-hybridized carbons (Fsp3) is 1.00. The first-order chi connectivity index (χ1) is 6.29. The van der Waals surface area contributed by atoms with Crippen molar-refractivity contribution in [3.05, 3.63) is 0 Å². The Labute approximate surface area is 81.9 Å². The molecule has 1 heterocycles. The summed E-state index contributed by atoms with van der Waals surface area (Å²) in [4.78, 5) is 5.00. The van der Waals surface area contributed by atoms with Crippen LogP contribution < -0.4 is 5.73 Å². The minimum absolute atomic E-state index is 0.677. The van der Waals surface area contributed by atoms with E-state index in [1.165, 1.54) is 25.9 Å². The van der Waals surface area contributed by atoms with Crippen LogP contribution in [0.5, 0.6) is 0 Å². The summed E-state index contributed by atoms with van der Waals surface area (Å²) in [7, 11) is 2.22. The van der Waals surface area contributed by atoms with E-state index in [9.17, 15) is 0 Å². The van der Waals surface area contributed by atoms with Crippen LogP contribution >= 0.6 is 0 Å². The van der Waals surface area contributed by atoms with Gasteiger partial charge in [-0.1, -0.05) is 6.92 Å². The van der Waals surface area contributed by atoms with Crippen LogP contribution in [0.1, 0.15) is 26.2 Å². The Morgan fingerprint density at radius 3 is 2.92 bits per heavy atom.